The van der Waals surface area contributed by atoms with Crippen molar-refractivity contribution in [1.82, 2.24) is 49.6 Å². The molecule has 5 N–H and O–H groups in total. The average Bonchev–Trinajstić information content (AvgIpc) is 3.56. The average molecular weight is 511 g/mol. The Morgan fingerprint density at radius 1 is 0.757 bits per heavy atom. The van der Waals surface area contributed by atoms with E-state index in [1.54, 1.807) is 4.52 Å². The Kier molecular flexibility index (Phi) is 12.2. The molecule has 14 nitrogen and oxygen atoms in total. The molecule has 0 amide bonds. The first kappa shape index (κ1) is 28.9. The smallest absolute Gasteiger partial charge is 0.220 e. The number of nitrogens with two attached hydrogens (primary N) is 2. The third-order valence-corrected chi connectivity index (χ3v) is 4.51. The summed E-state index contributed by atoms with van der Waals surface area (Å²) in [5.74, 6) is 1.89. The largest absolute Gasteiger partial charge is 0.396 e. The standard InChI is InChI=1S/C13H14N6O.C6H8N6O.2C2H6/c14-12-13-18-17-11(19(13)16-9-15-12)6-7-20-8-10-4-2-1-3-5-10;7-5-6-11-10-4(1-2-13)12(6)9-3-8-5;2*1-2/h1-5,9H,6-8H2,(H2,14,15,16);3,13H,1-2H2,(H2,7,8,9);2*1-2H3. The lowest BCUT2D eigenvalue weighted by atomic mass is 10.2. The first-order chi connectivity index (χ1) is 18.2. The number of nitrogen functional groups attached to an aromatic ring is 2. The second kappa shape index (κ2) is 15.6. The summed E-state index contributed by atoms with van der Waals surface area (Å²) in [5.41, 5.74) is 13.3. The first-order valence-corrected chi connectivity index (χ1v) is 12.0. The summed E-state index contributed by atoms with van der Waals surface area (Å²) in [6.07, 6.45) is 3.73. The molecule has 0 atom stereocenters. The van der Waals surface area contributed by atoms with Crippen molar-refractivity contribution in [3.8, 4) is 0 Å². The van der Waals surface area contributed by atoms with Gasteiger partial charge in [-0.2, -0.15) is 19.2 Å². The normalized spacial score (nSPS) is 10.1. The van der Waals surface area contributed by atoms with E-state index >= 15 is 0 Å². The van der Waals surface area contributed by atoms with Gasteiger partial charge in [0.1, 0.15) is 12.7 Å². The fourth-order valence-electron chi connectivity index (χ4n) is 2.92. The van der Waals surface area contributed by atoms with E-state index in [0.717, 1.165) is 5.56 Å². The van der Waals surface area contributed by atoms with Gasteiger partial charge in [0, 0.05) is 12.8 Å². The number of aliphatic hydroxyl groups excluding tert-OH is 1. The van der Waals surface area contributed by atoms with Crippen LogP contribution in [-0.4, -0.2) is 67.9 Å². The van der Waals surface area contributed by atoms with Crippen LogP contribution in [-0.2, 0) is 24.2 Å². The zero-order valence-corrected chi connectivity index (χ0v) is 21.6. The highest BCUT2D eigenvalue weighted by Gasteiger charge is 2.09. The minimum atomic E-state index is 0.00466. The summed E-state index contributed by atoms with van der Waals surface area (Å²) < 4.78 is 8.68. The Balaban J connectivity index is 0.000000245. The molecule has 1 aromatic carbocycles. The van der Waals surface area contributed by atoms with Crippen LogP contribution < -0.4 is 11.5 Å². The van der Waals surface area contributed by atoms with Gasteiger partial charge < -0.3 is 21.3 Å². The summed E-state index contributed by atoms with van der Waals surface area (Å²) in [6, 6.07) is 10.0. The van der Waals surface area contributed by atoms with Gasteiger partial charge >= 0.3 is 0 Å². The van der Waals surface area contributed by atoms with Gasteiger partial charge in [-0.3, -0.25) is 0 Å². The molecular formula is C23H34N12O2. The number of benzene rings is 1. The number of fused-ring (bicyclic) bond motifs is 2. The molecule has 4 heterocycles. The van der Waals surface area contributed by atoms with Gasteiger partial charge in [-0.1, -0.05) is 58.0 Å². The second-order valence-corrected chi connectivity index (χ2v) is 6.76. The number of nitrogens with zero attached hydrogens (tertiary/aromatic N) is 10. The van der Waals surface area contributed by atoms with E-state index in [0.29, 0.717) is 54.8 Å². The molecule has 0 spiro atoms. The molecule has 0 aliphatic carbocycles. The highest BCUT2D eigenvalue weighted by molar-refractivity contribution is 5.58. The van der Waals surface area contributed by atoms with Gasteiger partial charge in [0.25, 0.3) is 0 Å². The predicted octanol–water partition coefficient (Wildman–Crippen LogP) is 1.55. The number of ether oxygens (including phenoxy) is 1. The summed E-state index contributed by atoms with van der Waals surface area (Å²) in [5, 5.41) is 32.3. The van der Waals surface area contributed by atoms with Crippen molar-refractivity contribution in [2.24, 2.45) is 0 Å². The molecular weight excluding hydrogens is 476 g/mol. The van der Waals surface area contributed by atoms with Crippen molar-refractivity contribution in [2.45, 2.75) is 47.1 Å². The fourth-order valence-corrected chi connectivity index (χ4v) is 2.92. The third-order valence-electron chi connectivity index (χ3n) is 4.51. The monoisotopic (exact) mass is 510 g/mol. The zero-order valence-electron chi connectivity index (χ0n) is 21.6. The van der Waals surface area contributed by atoms with E-state index < -0.39 is 0 Å². The molecule has 14 heteroatoms. The quantitative estimate of drug-likeness (QED) is 0.268. The topological polar surface area (TPSA) is 193 Å². The number of aromatic nitrogens is 10. The van der Waals surface area contributed by atoms with Gasteiger partial charge in [0.15, 0.2) is 23.3 Å². The Labute approximate surface area is 214 Å². The molecule has 0 saturated heterocycles. The van der Waals surface area contributed by atoms with E-state index in [1.165, 1.54) is 17.2 Å². The molecule has 0 aliphatic rings. The minimum Gasteiger partial charge on any atom is -0.396 e. The van der Waals surface area contributed by atoms with E-state index in [2.05, 4.69) is 40.6 Å². The number of hydrogen-bond acceptors (Lipinski definition) is 12. The summed E-state index contributed by atoms with van der Waals surface area (Å²) in [4.78, 5) is 7.63. The molecule has 0 saturated carbocycles. The molecule has 4 aromatic heterocycles. The van der Waals surface area contributed by atoms with E-state index in [9.17, 15) is 0 Å². The van der Waals surface area contributed by atoms with Crippen LogP contribution in [0.3, 0.4) is 0 Å². The van der Waals surface area contributed by atoms with Crippen LogP contribution in [0, 0.1) is 0 Å². The van der Waals surface area contributed by atoms with Gasteiger partial charge in [0.2, 0.25) is 11.3 Å². The Morgan fingerprint density at radius 2 is 1.27 bits per heavy atom. The lowest BCUT2D eigenvalue weighted by Gasteiger charge is -2.03. The van der Waals surface area contributed by atoms with Crippen LogP contribution in [0.15, 0.2) is 43.0 Å². The predicted molar refractivity (Wildman–Crippen MR) is 139 cm³/mol. The molecule has 0 bridgehead atoms. The van der Waals surface area contributed by atoms with E-state index in [-0.39, 0.29) is 12.4 Å². The van der Waals surface area contributed by atoms with Crippen LogP contribution in [0.25, 0.3) is 11.3 Å². The van der Waals surface area contributed by atoms with Crippen molar-refractivity contribution >= 4 is 22.9 Å². The number of rotatable bonds is 7. The maximum atomic E-state index is 8.71. The maximum absolute atomic E-state index is 8.71. The molecule has 0 aliphatic heterocycles. The van der Waals surface area contributed by atoms with Gasteiger partial charge in [-0.25, -0.2) is 9.97 Å². The van der Waals surface area contributed by atoms with Crippen molar-refractivity contribution in [2.75, 3.05) is 24.7 Å². The van der Waals surface area contributed by atoms with Crippen LogP contribution in [0.2, 0.25) is 0 Å². The minimum absolute atomic E-state index is 0.00466. The van der Waals surface area contributed by atoms with Crippen molar-refractivity contribution in [3.63, 3.8) is 0 Å². The van der Waals surface area contributed by atoms with Crippen molar-refractivity contribution in [1.29, 1.82) is 0 Å². The highest BCUT2D eigenvalue weighted by atomic mass is 16.5. The lowest BCUT2D eigenvalue weighted by Crippen LogP contribution is -2.06. The van der Waals surface area contributed by atoms with Crippen molar-refractivity contribution < 1.29 is 9.84 Å². The Bertz CT molecular complexity index is 1320. The molecule has 0 fully saturated rings. The van der Waals surface area contributed by atoms with Crippen LogP contribution in [0.5, 0.6) is 0 Å². The van der Waals surface area contributed by atoms with Gasteiger partial charge in [-0.05, 0) is 5.56 Å². The van der Waals surface area contributed by atoms with Gasteiger partial charge in [0.05, 0.1) is 19.8 Å². The molecule has 0 radical (unpaired) electrons. The summed E-state index contributed by atoms with van der Waals surface area (Å²) >= 11 is 0. The third kappa shape index (κ3) is 7.85. The van der Waals surface area contributed by atoms with Crippen LogP contribution in [0.4, 0.5) is 11.6 Å². The molecule has 37 heavy (non-hydrogen) atoms. The van der Waals surface area contributed by atoms with Crippen molar-refractivity contribution in [3.05, 3.63) is 60.2 Å². The highest BCUT2D eigenvalue weighted by Crippen LogP contribution is 2.08. The molecule has 198 valence electrons. The number of hydrogen-bond donors (Lipinski definition) is 3. The van der Waals surface area contributed by atoms with Crippen LogP contribution >= 0.6 is 0 Å². The number of anilines is 2. The fraction of sp³-hybridized carbons (Fsp3) is 0.391. The van der Waals surface area contributed by atoms with Gasteiger partial charge in [-0.15, -0.1) is 20.4 Å². The lowest BCUT2D eigenvalue weighted by molar-refractivity contribution is 0.122. The van der Waals surface area contributed by atoms with Crippen LogP contribution in [0.1, 0.15) is 44.9 Å². The molecule has 0 unspecified atom stereocenters. The van der Waals surface area contributed by atoms with E-state index in [1.807, 2.05) is 58.0 Å². The Morgan fingerprint density at radius 3 is 1.78 bits per heavy atom. The molecule has 5 rings (SSSR count). The maximum Gasteiger partial charge on any atom is 0.220 e. The number of aliphatic hydroxyl groups is 1. The summed E-state index contributed by atoms with van der Waals surface area (Å²) in [7, 11) is 0. The second-order valence-electron chi connectivity index (χ2n) is 6.76. The van der Waals surface area contributed by atoms with E-state index in [4.69, 9.17) is 21.3 Å². The Hall–Kier alpha value is -4.30. The summed E-state index contributed by atoms with van der Waals surface area (Å²) in [6.45, 7) is 9.12. The molecule has 5 aromatic rings. The SMILES string of the molecule is CC.CC.Nc1ncnn2c(CCO)nnc12.Nc1ncnn2c(CCOCc3ccccc3)nnc12. The zero-order chi connectivity index (χ0) is 27.0. The first-order valence-electron chi connectivity index (χ1n) is 12.0.